The van der Waals surface area contributed by atoms with Crippen LogP contribution in [0, 0.1) is 0 Å². The van der Waals surface area contributed by atoms with Gasteiger partial charge in [0.2, 0.25) is 0 Å². The standard InChI is InChI=1S/C13H9F3N2O2/c14-13(15,16)11-10(7-4-8-17-11)18(12(19)20)9-5-2-1-3-6-9/h1-8H,(H,19,20). The molecule has 104 valence electrons. The highest BCUT2D eigenvalue weighted by atomic mass is 19.4. The normalized spacial score (nSPS) is 11.2. The zero-order valence-electron chi connectivity index (χ0n) is 10.0. The molecule has 0 atom stereocenters. The zero-order valence-corrected chi connectivity index (χ0v) is 10.0. The minimum absolute atomic E-state index is 0.110. The van der Waals surface area contributed by atoms with E-state index in [1.807, 2.05) is 0 Å². The number of rotatable bonds is 2. The Morgan fingerprint density at radius 2 is 1.75 bits per heavy atom. The Kier molecular flexibility index (Phi) is 3.60. The maximum atomic E-state index is 12.9. The third-order valence-electron chi connectivity index (χ3n) is 2.50. The maximum absolute atomic E-state index is 12.9. The molecular formula is C13H9F3N2O2. The molecule has 0 aliphatic rings. The van der Waals surface area contributed by atoms with Gasteiger partial charge in [-0.3, -0.25) is 0 Å². The molecular weight excluding hydrogens is 273 g/mol. The van der Waals surface area contributed by atoms with Crippen LogP contribution in [0.15, 0.2) is 48.7 Å². The van der Waals surface area contributed by atoms with Crippen LogP contribution < -0.4 is 4.90 Å². The molecule has 2 rings (SSSR count). The van der Waals surface area contributed by atoms with Crippen LogP contribution in [-0.4, -0.2) is 16.2 Å². The third kappa shape index (κ3) is 2.71. The molecule has 0 saturated carbocycles. The van der Waals surface area contributed by atoms with Crippen molar-refractivity contribution >= 4 is 17.5 Å². The number of carbonyl (C=O) groups is 1. The number of para-hydroxylation sites is 1. The van der Waals surface area contributed by atoms with Crippen LogP contribution in [-0.2, 0) is 6.18 Å². The largest absolute Gasteiger partial charge is 0.464 e. The lowest BCUT2D eigenvalue weighted by atomic mass is 10.2. The van der Waals surface area contributed by atoms with E-state index in [9.17, 15) is 23.1 Å². The fourth-order valence-electron chi connectivity index (χ4n) is 1.73. The number of hydrogen-bond acceptors (Lipinski definition) is 2. The molecule has 0 aliphatic carbocycles. The van der Waals surface area contributed by atoms with Crippen LogP contribution in [0.5, 0.6) is 0 Å². The molecule has 1 N–H and O–H groups in total. The van der Waals surface area contributed by atoms with Gasteiger partial charge in [-0.2, -0.15) is 13.2 Å². The molecule has 0 bridgehead atoms. The van der Waals surface area contributed by atoms with Gasteiger partial charge >= 0.3 is 12.3 Å². The van der Waals surface area contributed by atoms with E-state index in [4.69, 9.17) is 0 Å². The number of halogens is 3. The van der Waals surface area contributed by atoms with E-state index in [1.54, 1.807) is 6.07 Å². The van der Waals surface area contributed by atoms with Gasteiger partial charge < -0.3 is 5.11 Å². The minimum Gasteiger partial charge on any atom is -0.464 e. The van der Waals surface area contributed by atoms with E-state index in [0.29, 0.717) is 4.90 Å². The average molecular weight is 282 g/mol. The molecule has 1 heterocycles. The van der Waals surface area contributed by atoms with Crippen LogP contribution in [0.2, 0.25) is 0 Å². The van der Waals surface area contributed by atoms with E-state index in [-0.39, 0.29) is 5.69 Å². The number of anilines is 2. The number of carboxylic acid groups (broad SMARTS) is 1. The fraction of sp³-hybridized carbons (Fsp3) is 0.0769. The van der Waals surface area contributed by atoms with Crippen LogP contribution in [0.25, 0.3) is 0 Å². The Morgan fingerprint density at radius 1 is 1.10 bits per heavy atom. The summed E-state index contributed by atoms with van der Waals surface area (Å²) in [5, 5.41) is 9.20. The Hall–Kier alpha value is -2.57. The molecule has 7 heteroatoms. The smallest absolute Gasteiger partial charge is 0.435 e. The molecule has 20 heavy (non-hydrogen) atoms. The van der Waals surface area contributed by atoms with Crippen molar-refractivity contribution in [1.29, 1.82) is 0 Å². The molecule has 0 radical (unpaired) electrons. The van der Waals surface area contributed by atoms with Gasteiger partial charge in [-0.15, -0.1) is 0 Å². The number of aromatic nitrogens is 1. The van der Waals surface area contributed by atoms with Crippen molar-refractivity contribution in [1.82, 2.24) is 4.98 Å². The van der Waals surface area contributed by atoms with Crippen LogP contribution in [0.4, 0.5) is 29.3 Å². The first-order valence-corrected chi connectivity index (χ1v) is 5.51. The summed E-state index contributed by atoms with van der Waals surface area (Å²) >= 11 is 0. The fourth-order valence-corrected chi connectivity index (χ4v) is 1.73. The first-order valence-electron chi connectivity index (χ1n) is 5.51. The number of alkyl halides is 3. The van der Waals surface area contributed by atoms with Crippen molar-refractivity contribution in [3.8, 4) is 0 Å². The summed E-state index contributed by atoms with van der Waals surface area (Å²) in [4.78, 5) is 15.1. The molecule has 1 aromatic heterocycles. The predicted molar refractivity (Wildman–Crippen MR) is 65.8 cm³/mol. The second kappa shape index (κ2) is 5.20. The number of nitrogens with zero attached hydrogens (tertiary/aromatic N) is 2. The van der Waals surface area contributed by atoms with Gasteiger partial charge in [0.15, 0.2) is 5.69 Å². The van der Waals surface area contributed by atoms with Gasteiger partial charge in [-0.25, -0.2) is 14.7 Å². The molecule has 1 amide bonds. The number of pyridine rings is 1. The second-order valence-corrected chi connectivity index (χ2v) is 3.82. The third-order valence-corrected chi connectivity index (χ3v) is 2.50. The summed E-state index contributed by atoms with van der Waals surface area (Å²) in [6.07, 6.45) is -5.29. The highest BCUT2D eigenvalue weighted by Gasteiger charge is 2.38. The molecule has 0 spiro atoms. The molecule has 0 fully saturated rings. The van der Waals surface area contributed by atoms with Crippen molar-refractivity contribution < 1.29 is 23.1 Å². The minimum atomic E-state index is -4.74. The summed E-state index contributed by atoms with van der Waals surface area (Å²) in [5.74, 6) is 0. The molecule has 0 unspecified atom stereocenters. The van der Waals surface area contributed by atoms with Crippen molar-refractivity contribution in [3.05, 3.63) is 54.4 Å². The van der Waals surface area contributed by atoms with E-state index in [2.05, 4.69) is 4.98 Å². The topological polar surface area (TPSA) is 53.4 Å². The number of hydrogen-bond donors (Lipinski definition) is 1. The van der Waals surface area contributed by atoms with E-state index < -0.39 is 23.7 Å². The SMILES string of the molecule is O=C(O)N(c1ccccc1)c1cccnc1C(F)(F)F. The van der Waals surface area contributed by atoms with E-state index >= 15 is 0 Å². The monoisotopic (exact) mass is 282 g/mol. The molecule has 4 nitrogen and oxygen atoms in total. The molecule has 0 aliphatic heterocycles. The van der Waals surface area contributed by atoms with Gasteiger partial charge in [0, 0.05) is 6.20 Å². The van der Waals surface area contributed by atoms with Gasteiger partial charge in [0.25, 0.3) is 0 Å². The Bertz CT molecular complexity index is 615. The van der Waals surface area contributed by atoms with Gasteiger partial charge in [0.1, 0.15) is 0 Å². The molecule has 2 aromatic rings. The van der Waals surface area contributed by atoms with Crippen molar-refractivity contribution in [2.24, 2.45) is 0 Å². The summed E-state index contributed by atoms with van der Waals surface area (Å²) in [6, 6.07) is 9.84. The molecule has 1 aromatic carbocycles. The van der Waals surface area contributed by atoms with Crippen LogP contribution >= 0.6 is 0 Å². The van der Waals surface area contributed by atoms with Gasteiger partial charge in [0.05, 0.1) is 11.4 Å². The summed E-state index contributed by atoms with van der Waals surface area (Å²) in [7, 11) is 0. The van der Waals surface area contributed by atoms with Crippen LogP contribution in [0.3, 0.4) is 0 Å². The quantitative estimate of drug-likeness (QED) is 0.908. The van der Waals surface area contributed by atoms with Crippen molar-refractivity contribution in [2.45, 2.75) is 6.18 Å². The summed E-state index contributed by atoms with van der Waals surface area (Å²) < 4.78 is 38.7. The second-order valence-electron chi connectivity index (χ2n) is 3.82. The van der Waals surface area contributed by atoms with Crippen molar-refractivity contribution in [2.75, 3.05) is 4.90 Å². The van der Waals surface area contributed by atoms with Crippen molar-refractivity contribution in [3.63, 3.8) is 0 Å². The predicted octanol–water partition coefficient (Wildman–Crippen LogP) is 3.92. The van der Waals surface area contributed by atoms with Gasteiger partial charge in [-0.1, -0.05) is 18.2 Å². The Morgan fingerprint density at radius 3 is 2.30 bits per heavy atom. The number of amides is 1. The Balaban J connectivity index is 2.60. The zero-order chi connectivity index (χ0) is 14.8. The summed E-state index contributed by atoms with van der Waals surface area (Å²) in [6.45, 7) is 0. The number of benzene rings is 1. The van der Waals surface area contributed by atoms with E-state index in [0.717, 1.165) is 12.3 Å². The maximum Gasteiger partial charge on any atom is 0.435 e. The van der Waals surface area contributed by atoms with Crippen LogP contribution in [0.1, 0.15) is 5.69 Å². The Labute approximate surface area is 112 Å². The lowest BCUT2D eigenvalue weighted by Gasteiger charge is -2.22. The average Bonchev–Trinajstić information content (AvgIpc) is 2.39. The lowest BCUT2D eigenvalue weighted by molar-refractivity contribution is -0.140. The highest BCUT2D eigenvalue weighted by molar-refractivity contribution is 5.95. The molecule has 0 saturated heterocycles. The summed E-state index contributed by atoms with van der Waals surface area (Å²) in [5.41, 5.74) is -1.66. The first kappa shape index (κ1) is 13.9. The van der Waals surface area contributed by atoms with Gasteiger partial charge in [-0.05, 0) is 24.3 Å². The van der Waals surface area contributed by atoms with E-state index in [1.165, 1.54) is 30.3 Å². The highest BCUT2D eigenvalue weighted by Crippen LogP contribution is 2.37. The first-order chi connectivity index (χ1) is 9.41. The lowest BCUT2D eigenvalue weighted by Crippen LogP contribution is -2.27.